The summed E-state index contributed by atoms with van der Waals surface area (Å²) in [5.74, 6) is 0.606. The molecule has 3 aromatic rings. The van der Waals surface area contributed by atoms with Gasteiger partial charge in [0.1, 0.15) is 22.7 Å². The Hall–Kier alpha value is -3.72. The first kappa shape index (κ1) is 20.2. The molecule has 0 saturated heterocycles. The molecule has 164 valence electrons. The first-order valence-electron chi connectivity index (χ1n) is 9.71. The van der Waals surface area contributed by atoms with Crippen LogP contribution in [0.1, 0.15) is 16.7 Å². The van der Waals surface area contributed by atoms with Crippen LogP contribution in [0.3, 0.4) is 0 Å². The third-order valence-electron chi connectivity index (χ3n) is 6.17. The lowest BCUT2D eigenvalue weighted by Crippen LogP contribution is -2.50. The molecule has 0 unspecified atom stereocenters. The smallest absolute Gasteiger partial charge is 0.332 e. The second-order valence-corrected chi connectivity index (χ2v) is 8.14. The number of nitrogens with zero attached hydrogens (tertiary/aromatic N) is 2. The Balaban J connectivity index is 2.05. The highest BCUT2D eigenvalue weighted by Gasteiger charge is 2.58. The zero-order valence-electron chi connectivity index (χ0n) is 17.7. The molecule has 2 aliphatic rings. The van der Waals surface area contributed by atoms with Gasteiger partial charge in [-0.15, -0.1) is 0 Å². The molecule has 5 rings (SSSR count). The quantitative estimate of drug-likeness (QED) is 0.614. The minimum Gasteiger partial charge on any atom is -0.497 e. The van der Waals surface area contributed by atoms with E-state index in [1.807, 2.05) is 0 Å². The van der Waals surface area contributed by atoms with Gasteiger partial charge in [-0.05, 0) is 18.2 Å². The van der Waals surface area contributed by atoms with Crippen LogP contribution in [0, 0.1) is 0 Å². The van der Waals surface area contributed by atoms with Gasteiger partial charge in [0.15, 0.2) is 0 Å². The van der Waals surface area contributed by atoms with Gasteiger partial charge in [-0.25, -0.2) is 4.79 Å². The summed E-state index contributed by atoms with van der Waals surface area (Å²) in [5.41, 5.74) is -0.686. The lowest BCUT2D eigenvalue weighted by atomic mass is 9.68. The Morgan fingerprint density at radius 1 is 0.906 bits per heavy atom. The Kier molecular flexibility index (Phi) is 4.19. The first-order chi connectivity index (χ1) is 15.2. The molecular formula is C22H19ClN4O5. The fraction of sp³-hybridized carbons (Fsp3) is 0.227. The summed E-state index contributed by atoms with van der Waals surface area (Å²) in [4.78, 5) is 40.1. The van der Waals surface area contributed by atoms with Crippen molar-refractivity contribution in [2.45, 2.75) is 5.41 Å². The summed E-state index contributed by atoms with van der Waals surface area (Å²) in [6.07, 6.45) is 0. The third-order valence-corrected chi connectivity index (χ3v) is 6.41. The van der Waals surface area contributed by atoms with Crippen molar-refractivity contribution in [2.75, 3.05) is 24.9 Å². The van der Waals surface area contributed by atoms with Crippen molar-refractivity contribution in [2.24, 2.45) is 14.1 Å². The van der Waals surface area contributed by atoms with Gasteiger partial charge in [-0.3, -0.25) is 18.7 Å². The number of aromatic nitrogens is 2. The number of hydrogen-bond acceptors (Lipinski definition) is 6. The highest BCUT2D eigenvalue weighted by molar-refractivity contribution is 6.31. The van der Waals surface area contributed by atoms with Gasteiger partial charge < -0.3 is 20.1 Å². The number of anilines is 3. The molecule has 3 heterocycles. The second-order valence-electron chi connectivity index (χ2n) is 7.70. The number of nitrogens with one attached hydrogen (secondary N) is 2. The molecule has 2 aromatic carbocycles. The van der Waals surface area contributed by atoms with Crippen LogP contribution in [0.5, 0.6) is 11.5 Å². The molecule has 1 atom stereocenters. The molecule has 0 fully saturated rings. The van der Waals surface area contributed by atoms with Crippen LogP contribution >= 0.6 is 11.6 Å². The van der Waals surface area contributed by atoms with Gasteiger partial charge in [0.25, 0.3) is 5.56 Å². The number of ether oxygens (including phenoxy) is 2. The fourth-order valence-electron chi connectivity index (χ4n) is 4.71. The van der Waals surface area contributed by atoms with E-state index >= 15 is 0 Å². The van der Waals surface area contributed by atoms with Crippen LogP contribution in [0.15, 0.2) is 39.9 Å². The van der Waals surface area contributed by atoms with E-state index in [1.54, 1.807) is 37.4 Å². The molecule has 32 heavy (non-hydrogen) atoms. The maximum absolute atomic E-state index is 13.9. The van der Waals surface area contributed by atoms with E-state index in [2.05, 4.69) is 10.6 Å². The van der Waals surface area contributed by atoms with Crippen LogP contribution < -0.4 is 31.4 Å². The molecule has 1 amide bonds. The molecule has 0 bridgehead atoms. The first-order valence-corrected chi connectivity index (χ1v) is 10.1. The van der Waals surface area contributed by atoms with Crippen molar-refractivity contribution >= 4 is 34.7 Å². The molecule has 0 radical (unpaired) electrons. The monoisotopic (exact) mass is 454 g/mol. The average molecular weight is 455 g/mol. The Morgan fingerprint density at radius 3 is 2.34 bits per heavy atom. The Bertz CT molecular complexity index is 1460. The van der Waals surface area contributed by atoms with Crippen molar-refractivity contribution in [1.82, 2.24) is 9.13 Å². The number of rotatable bonds is 2. The van der Waals surface area contributed by atoms with Gasteiger partial charge >= 0.3 is 5.69 Å². The van der Waals surface area contributed by atoms with E-state index in [0.29, 0.717) is 39.0 Å². The van der Waals surface area contributed by atoms with Crippen molar-refractivity contribution < 1.29 is 14.3 Å². The molecule has 0 saturated carbocycles. The zero-order valence-corrected chi connectivity index (χ0v) is 18.5. The normalized spacial score (nSPS) is 17.8. The fourth-order valence-corrected chi connectivity index (χ4v) is 4.88. The second kappa shape index (κ2) is 6.64. The number of benzene rings is 2. The molecule has 10 heteroatoms. The van der Waals surface area contributed by atoms with Gasteiger partial charge in [0.05, 0.1) is 25.5 Å². The van der Waals surface area contributed by atoms with Crippen LogP contribution in [0.4, 0.5) is 17.2 Å². The van der Waals surface area contributed by atoms with Crippen molar-refractivity contribution in [1.29, 1.82) is 0 Å². The number of carbonyl (C=O) groups is 1. The van der Waals surface area contributed by atoms with E-state index in [-0.39, 0.29) is 11.4 Å². The van der Waals surface area contributed by atoms with E-state index in [0.717, 1.165) is 4.57 Å². The Labute approximate surface area is 187 Å². The van der Waals surface area contributed by atoms with Gasteiger partial charge in [-0.1, -0.05) is 11.6 Å². The van der Waals surface area contributed by atoms with Crippen molar-refractivity contribution in [3.05, 3.63) is 72.9 Å². The topological polar surface area (TPSA) is 104 Å². The van der Waals surface area contributed by atoms with Crippen LogP contribution in [0.2, 0.25) is 5.02 Å². The number of carbonyl (C=O) groups excluding carboxylic acids is 1. The predicted molar refractivity (Wildman–Crippen MR) is 120 cm³/mol. The van der Waals surface area contributed by atoms with E-state index in [9.17, 15) is 14.4 Å². The molecule has 0 aliphatic carbocycles. The van der Waals surface area contributed by atoms with Crippen LogP contribution in [-0.4, -0.2) is 29.3 Å². The number of methoxy groups -OCH3 is 2. The van der Waals surface area contributed by atoms with Crippen LogP contribution in [0.25, 0.3) is 0 Å². The van der Waals surface area contributed by atoms with Crippen molar-refractivity contribution in [3.63, 3.8) is 0 Å². The minimum absolute atomic E-state index is 0.108. The summed E-state index contributed by atoms with van der Waals surface area (Å²) in [7, 11) is 5.91. The van der Waals surface area contributed by atoms with Gasteiger partial charge in [0.2, 0.25) is 5.91 Å². The molecular weight excluding hydrogens is 436 g/mol. The summed E-state index contributed by atoms with van der Waals surface area (Å²) in [5, 5.41) is 6.43. The number of hydrogen-bond donors (Lipinski definition) is 2. The average Bonchev–Trinajstić information content (AvgIpc) is 3.08. The molecule has 1 aromatic heterocycles. The Morgan fingerprint density at radius 2 is 1.66 bits per heavy atom. The molecule has 2 N–H and O–H groups in total. The lowest BCUT2D eigenvalue weighted by Gasteiger charge is -2.37. The largest absolute Gasteiger partial charge is 0.497 e. The lowest BCUT2D eigenvalue weighted by molar-refractivity contribution is -0.118. The number of amides is 1. The maximum Gasteiger partial charge on any atom is 0.332 e. The summed E-state index contributed by atoms with van der Waals surface area (Å²) in [6.45, 7) is 0. The summed E-state index contributed by atoms with van der Waals surface area (Å²) < 4.78 is 13.3. The number of fused-ring (bicyclic) bond motifs is 6. The minimum atomic E-state index is -1.60. The zero-order chi connectivity index (χ0) is 22.9. The standard InChI is InChI=1S/C22H19ClN4O5/c1-26-18-17(19(28)27(2)21(26)30)22(12-7-10(23)5-6-13(12)24-18)16-14(25-20(22)29)8-11(31-3)9-15(16)32-4/h5-9,24H,1-4H3,(H,25,29)/t22-/m1/s1. The summed E-state index contributed by atoms with van der Waals surface area (Å²) >= 11 is 6.34. The molecule has 2 aliphatic heterocycles. The molecule has 1 spiro atoms. The highest BCUT2D eigenvalue weighted by Crippen LogP contribution is 2.57. The third kappa shape index (κ3) is 2.31. The van der Waals surface area contributed by atoms with E-state index < -0.39 is 22.6 Å². The van der Waals surface area contributed by atoms with Gasteiger partial charge in [0, 0.05) is 48.1 Å². The predicted octanol–water partition coefficient (Wildman–Crippen LogP) is 2.10. The van der Waals surface area contributed by atoms with Gasteiger partial charge in [-0.2, -0.15) is 0 Å². The summed E-state index contributed by atoms with van der Waals surface area (Å²) in [6, 6.07) is 8.35. The maximum atomic E-state index is 13.9. The van der Waals surface area contributed by atoms with E-state index in [4.69, 9.17) is 21.1 Å². The van der Waals surface area contributed by atoms with Crippen LogP contribution in [-0.2, 0) is 24.3 Å². The van der Waals surface area contributed by atoms with Crippen molar-refractivity contribution in [3.8, 4) is 11.5 Å². The van der Waals surface area contributed by atoms with E-state index in [1.165, 1.54) is 25.8 Å². The highest BCUT2D eigenvalue weighted by atomic mass is 35.5. The number of halogens is 1. The molecule has 9 nitrogen and oxygen atoms in total. The SMILES string of the molecule is COc1cc2c(c(OC)c1)[C@]1(C(=O)N2)c2cc(Cl)ccc2Nc2c1c(=O)n(C)c(=O)n2C.